The summed E-state index contributed by atoms with van der Waals surface area (Å²) in [6.45, 7) is 0. The maximum Gasteiger partial charge on any atom is 0.143 e. The quantitative estimate of drug-likeness (QED) is 0.829. The molecule has 2 bridgehead atoms. The standard InChI is InChI=1S/C16H18BrF2N/c17-10-3-4-11(18)9(16(10)19)6-12(20)15-13-7-1-2-8(5-7)14(13)15/h3-4,7-8,12-15H,1-2,5-6,20H2. The predicted molar refractivity (Wildman–Crippen MR) is 77.0 cm³/mol. The average Bonchev–Trinajstić information content (AvgIpc) is 2.88. The Bertz CT molecular complexity index is 546. The lowest BCUT2D eigenvalue weighted by molar-refractivity contribution is 0.402. The smallest absolute Gasteiger partial charge is 0.143 e. The van der Waals surface area contributed by atoms with Crippen LogP contribution in [0, 0.1) is 41.2 Å². The number of rotatable bonds is 3. The lowest BCUT2D eigenvalue weighted by Gasteiger charge is -2.17. The highest BCUT2D eigenvalue weighted by Gasteiger charge is 2.66. The van der Waals surface area contributed by atoms with Crippen molar-refractivity contribution in [3.05, 3.63) is 33.8 Å². The van der Waals surface area contributed by atoms with Gasteiger partial charge in [0.2, 0.25) is 0 Å². The maximum atomic E-state index is 14.0. The molecule has 3 aliphatic rings. The van der Waals surface area contributed by atoms with E-state index >= 15 is 0 Å². The molecule has 2 N–H and O–H groups in total. The van der Waals surface area contributed by atoms with Crippen LogP contribution in [0.15, 0.2) is 16.6 Å². The Morgan fingerprint density at radius 2 is 1.85 bits per heavy atom. The Hall–Kier alpha value is -0.480. The van der Waals surface area contributed by atoms with Crippen LogP contribution < -0.4 is 5.73 Å². The molecule has 0 spiro atoms. The number of fused-ring (bicyclic) bond motifs is 5. The van der Waals surface area contributed by atoms with Gasteiger partial charge >= 0.3 is 0 Å². The fourth-order valence-corrected chi connectivity index (χ4v) is 5.46. The van der Waals surface area contributed by atoms with Gasteiger partial charge in [-0.05, 0) is 83.3 Å². The first-order chi connectivity index (χ1) is 9.58. The minimum Gasteiger partial charge on any atom is -0.327 e. The van der Waals surface area contributed by atoms with Gasteiger partial charge in [-0.3, -0.25) is 0 Å². The molecule has 0 saturated heterocycles. The number of benzene rings is 1. The molecule has 1 nitrogen and oxygen atoms in total. The first kappa shape index (κ1) is 13.2. The molecule has 0 amide bonds. The van der Waals surface area contributed by atoms with Crippen molar-refractivity contribution in [2.75, 3.05) is 0 Å². The Kier molecular flexibility index (Phi) is 2.97. The van der Waals surface area contributed by atoms with Crippen molar-refractivity contribution in [2.45, 2.75) is 31.7 Å². The third-order valence-electron chi connectivity index (χ3n) is 5.87. The second kappa shape index (κ2) is 4.51. The van der Waals surface area contributed by atoms with E-state index in [4.69, 9.17) is 5.73 Å². The van der Waals surface area contributed by atoms with Gasteiger partial charge in [-0.15, -0.1) is 0 Å². The fraction of sp³-hybridized carbons (Fsp3) is 0.625. The van der Waals surface area contributed by atoms with E-state index in [-0.39, 0.29) is 11.6 Å². The monoisotopic (exact) mass is 341 g/mol. The Morgan fingerprint density at radius 1 is 1.20 bits per heavy atom. The van der Waals surface area contributed by atoms with Gasteiger partial charge in [0.05, 0.1) is 4.47 Å². The van der Waals surface area contributed by atoms with Crippen LogP contribution in [-0.2, 0) is 6.42 Å². The van der Waals surface area contributed by atoms with Crippen molar-refractivity contribution >= 4 is 15.9 Å². The molecule has 1 aromatic carbocycles. The van der Waals surface area contributed by atoms with Crippen LogP contribution in [0.2, 0.25) is 0 Å². The Balaban J connectivity index is 1.52. The van der Waals surface area contributed by atoms with E-state index in [2.05, 4.69) is 15.9 Å². The highest BCUT2D eigenvalue weighted by molar-refractivity contribution is 9.10. The highest BCUT2D eigenvalue weighted by Crippen LogP contribution is 2.70. The summed E-state index contributed by atoms with van der Waals surface area (Å²) in [5, 5.41) is 0. The molecule has 20 heavy (non-hydrogen) atoms. The van der Waals surface area contributed by atoms with Crippen LogP contribution in [0.4, 0.5) is 8.78 Å². The second-order valence-electron chi connectivity index (χ2n) is 6.75. The SMILES string of the molecule is NC(Cc1c(F)ccc(Br)c1F)C1C2C3CCC(C3)C12. The summed E-state index contributed by atoms with van der Waals surface area (Å²) in [4.78, 5) is 0. The van der Waals surface area contributed by atoms with Crippen LogP contribution in [0.5, 0.6) is 0 Å². The third kappa shape index (κ3) is 1.80. The summed E-state index contributed by atoms with van der Waals surface area (Å²) in [6, 6.07) is 2.62. The zero-order valence-electron chi connectivity index (χ0n) is 11.2. The second-order valence-corrected chi connectivity index (χ2v) is 7.61. The van der Waals surface area contributed by atoms with E-state index in [1.54, 1.807) is 0 Å². The number of nitrogens with two attached hydrogens (primary N) is 1. The van der Waals surface area contributed by atoms with Gasteiger partial charge in [0.25, 0.3) is 0 Å². The van der Waals surface area contributed by atoms with Crippen molar-refractivity contribution in [2.24, 2.45) is 35.3 Å². The van der Waals surface area contributed by atoms with Crippen molar-refractivity contribution < 1.29 is 8.78 Å². The lowest BCUT2D eigenvalue weighted by Crippen LogP contribution is -2.29. The number of halogens is 3. The molecule has 0 heterocycles. The van der Waals surface area contributed by atoms with Crippen molar-refractivity contribution in [3.63, 3.8) is 0 Å². The van der Waals surface area contributed by atoms with Gasteiger partial charge in [-0.25, -0.2) is 8.78 Å². The van der Waals surface area contributed by atoms with Crippen LogP contribution in [0.3, 0.4) is 0 Å². The minimum atomic E-state index is -0.491. The van der Waals surface area contributed by atoms with Crippen molar-refractivity contribution in [1.29, 1.82) is 0 Å². The summed E-state index contributed by atoms with van der Waals surface area (Å²) in [6.07, 6.45) is 4.37. The molecule has 0 aromatic heterocycles. The molecule has 0 radical (unpaired) electrons. The first-order valence-corrected chi connectivity index (χ1v) is 8.25. The molecule has 5 unspecified atom stereocenters. The van der Waals surface area contributed by atoms with E-state index in [0.29, 0.717) is 16.8 Å². The molecule has 4 rings (SSSR count). The number of hydrogen-bond acceptors (Lipinski definition) is 1. The van der Waals surface area contributed by atoms with Gasteiger partial charge in [0.15, 0.2) is 0 Å². The van der Waals surface area contributed by atoms with Crippen LogP contribution in [-0.4, -0.2) is 6.04 Å². The molecule has 108 valence electrons. The minimum absolute atomic E-state index is 0.105. The fourth-order valence-electron chi connectivity index (χ4n) is 5.09. The molecule has 3 aliphatic carbocycles. The van der Waals surface area contributed by atoms with Crippen LogP contribution in [0.25, 0.3) is 0 Å². The molecule has 1 aromatic rings. The average molecular weight is 342 g/mol. The van der Waals surface area contributed by atoms with Gasteiger partial charge < -0.3 is 5.73 Å². The molecule has 3 saturated carbocycles. The maximum absolute atomic E-state index is 14.0. The summed E-state index contributed by atoms with van der Waals surface area (Å²) < 4.78 is 28.2. The Morgan fingerprint density at radius 3 is 2.50 bits per heavy atom. The topological polar surface area (TPSA) is 26.0 Å². The summed E-state index contributed by atoms with van der Waals surface area (Å²) in [5.41, 5.74) is 6.44. The normalized spacial score (nSPS) is 38.9. The van der Waals surface area contributed by atoms with Crippen molar-refractivity contribution in [1.82, 2.24) is 0 Å². The van der Waals surface area contributed by atoms with E-state index in [0.717, 1.165) is 23.7 Å². The summed E-state index contributed by atoms with van der Waals surface area (Å²) in [7, 11) is 0. The molecule has 5 atom stereocenters. The molecular formula is C16H18BrF2N. The van der Waals surface area contributed by atoms with Crippen molar-refractivity contribution in [3.8, 4) is 0 Å². The largest absolute Gasteiger partial charge is 0.327 e. The van der Waals surface area contributed by atoms with Gasteiger partial charge in [0.1, 0.15) is 11.6 Å². The molecule has 0 aliphatic heterocycles. The lowest BCUT2D eigenvalue weighted by atomic mass is 9.93. The Labute approximate surface area is 126 Å². The molecule has 4 heteroatoms. The predicted octanol–water partition coefficient (Wildman–Crippen LogP) is 3.89. The number of hydrogen-bond donors (Lipinski definition) is 1. The molecule has 3 fully saturated rings. The highest BCUT2D eigenvalue weighted by atomic mass is 79.9. The van der Waals surface area contributed by atoms with Crippen LogP contribution >= 0.6 is 15.9 Å². The zero-order chi connectivity index (χ0) is 14.0. The van der Waals surface area contributed by atoms with Gasteiger partial charge in [0, 0.05) is 11.6 Å². The first-order valence-electron chi connectivity index (χ1n) is 7.46. The zero-order valence-corrected chi connectivity index (χ0v) is 12.7. The van der Waals surface area contributed by atoms with E-state index in [9.17, 15) is 8.78 Å². The van der Waals surface area contributed by atoms with Crippen LogP contribution in [0.1, 0.15) is 24.8 Å². The van der Waals surface area contributed by atoms with E-state index in [1.165, 1.54) is 31.4 Å². The third-order valence-corrected chi connectivity index (χ3v) is 6.48. The van der Waals surface area contributed by atoms with Gasteiger partial charge in [-0.2, -0.15) is 0 Å². The molecular weight excluding hydrogens is 324 g/mol. The summed E-state index contributed by atoms with van der Waals surface area (Å²) >= 11 is 3.12. The van der Waals surface area contributed by atoms with E-state index in [1.807, 2.05) is 0 Å². The van der Waals surface area contributed by atoms with Gasteiger partial charge in [-0.1, -0.05) is 0 Å². The van der Waals surface area contributed by atoms with E-state index < -0.39 is 11.6 Å². The summed E-state index contributed by atoms with van der Waals surface area (Å²) in [5.74, 6) is 2.73.